The first-order chi connectivity index (χ1) is 10.5. The van der Waals surface area contributed by atoms with Crippen molar-refractivity contribution in [2.45, 2.75) is 0 Å². The van der Waals surface area contributed by atoms with Gasteiger partial charge in [0.2, 0.25) is 5.75 Å². The molecule has 0 aliphatic rings. The maximum Gasteiger partial charge on any atom is 0.203 e. The summed E-state index contributed by atoms with van der Waals surface area (Å²) in [6.07, 6.45) is -0.368. The molecule has 0 unspecified atom stereocenters. The summed E-state index contributed by atoms with van der Waals surface area (Å²) in [6, 6.07) is 2.26. The van der Waals surface area contributed by atoms with Gasteiger partial charge in [-0.2, -0.15) is 0 Å². The molecule has 0 fully saturated rings. The molecule has 0 radical (unpaired) electrons. The van der Waals surface area contributed by atoms with Crippen LogP contribution in [0.2, 0.25) is 0 Å². The lowest BCUT2D eigenvalue weighted by Gasteiger charge is -2.15. The van der Waals surface area contributed by atoms with E-state index < -0.39 is 0 Å². The number of hydrogen-bond acceptors (Lipinski definition) is 4. The van der Waals surface area contributed by atoms with Crippen molar-refractivity contribution in [1.29, 1.82) is 0 Å². The zero-order chi connectivity index (χ0) is 16.4. The molecule has 1 aromatic carbocycles. The van der Waals surface area contributed by atoms with Crippen LogP contribution in [0.15, 0.2) is 36.4 Å². The average Bonchev–Trinajstić information content (AvgIpc) is 2.54. The summed E-state index contributed by atoms with van der Waals surface area (Å²) in [5, 5.41) is 0. The number of ether oxygens (including phenoxy) is 3. The Hall–Kier alpha value is -2.23. The topological polar surface area (TPSA) is 40.6 Å². The summed E-state index contributed by atoms with van der Waals surface area (Å²) in [5.74, 6) is 1.07. The summed E-state index contributed by atoms with van der Waals surface area (Å²) in [4.78, 5) is 3.94. The largest absolute Gasteiger partial charge is 0.493 e. The van der Waals surface area contributed by atoms with Crippen LogP contribution in [-0.4, -0.2) is 26.3 Å². The molecule has 2 rings (SSSR count). The predicted molar refractivity (Wildman–Crippen MR) is 69.3 cm³/mol. The third-order valence-corrected chi connectivity index (χ3v) is 2.43. The fourth-order valence-corrected chi connectivity index (χ4v) is 1.65. The smallest absolute Gasteiger partial charge is 0.203 e. The predicted octanol–water partition coefficient (Wildman–Crippen LogP) is 2.77. The highest BCUT2D eigenvalue weighted by Gasteiger charge is 2.17. The van der Waals surface area contributed by atoms with Crippen molar-refractivity contribution in [1.82, 2.24) is 4.98 Å². The normalized spacial score (nSPS) is 13.1. The van der Waals surface area contributed by atoms with E-state index in [1.165, 1.54) is 21.3 Å². The van der Waals surface area contributed by atoms with Crippen LogP contribution in [0.3, 0.4) is 0 Å². The highest BCUT2D eigenvalue weighted by molar-refractivity contribution is 5.74. The van der Waals surface area contributed by atoms with Gasteiger partial charge in [0, 0.05) is 11.7 Å². The minimum atomic E-state index is -0.381. The summed E-state index contributed by atoms with van der Waals surface area (Å²) in [6.45, 7) is 0. The fourth-order valence-electron chi connectivity index (χ4n) is 1.65. The Balaban J connectivity index is 2.79. The number of nitrogens with zero attached hydrogens (tertiary/aromatic N) is 1. The monoisotopic (exact) mass is 249 g/mol. The van der Waals surface area contributed by atoms with Gasteiger partial charge in [0.25, 0.3) is 0 Å². The molecule has 94 valence electrons. The van der Waals surface area contributed by atoms with Gasteiger partial charge < -0.3 is 14.2 Å². The molecule has 0 N–H and O–H groups in total. The molecule has 0 bridgehead atoms. The van der Waals surface area contributed by atoms with E-state index in [2.05, 4.69) is 4.98 Å². The second-order valence-corrected chi connectivity index (χ2v) is 3.33. The van der Waals surface area contributed by atoms with Crippen molar-refractivity contribution in [3.8, 4) is 28.5 Å². The molecule has 0 aliphatic heterocycles. The number of pyridine rings is 1. The van der Waals surface area contributed by atoms with E-state index in [1.807, 2.05) is 0 Å². The third-order valence-electron chi connectivity index (χ3n) is 2.43. The van der Waals surface area contributed by atoms with Crippen LogP contribution >= 0.6 is 0 Å². The zero-order valence-corrected chi connectivity index (χ0v) is 10.3. The minimum Gasteiger partial charge on any atom is -0.493 e. The molecular formula is C14H15NO3. The summed E-state index contributed by atoms with van der Waals surface area (Å²) < 4.78 is 46.7. The summed E-state index contributed by atoms with van der Waals surface area (Å²) >= 11 is 0. The fraction of sp³-hybridized carbons (Fsp3) is 0.214. The van der Waals surface area contributed by atoms with Gasteiger partial charge in [-0.3, -0.25) is 4.98 Å². The van der Waals surface area contributed by atoms with Crippen molar-refractivity contribution in [3.05, 3.63) is 36.4 Å². The molecule has 4 nitrogen and oxygen atoms in total. The minimum absolute atomic E-state index is 0.0869. The Morgan fingerprint density at radius 3 is 2.44 bits per heavy atom. The molecule has 0 spiro atoms. The van der Waals surface area contributed by atoms with Crippen LogP contribution < -0.4 is 14.2 Å². The van der Waals surface area contributed by atoms with Gasteiger partial charge in [0.05, 0.1) is 32.5 Å². The lowest BCUT2D eigenvalue weighted by Crippen LogP contribution is -1.97. The molecule has 1 heterocycles. The van der Waals surface area contributed by atoms with E-state index in [0.717, 1.165) is 0 Å². The lowest BCUT2D eigenvalue weighted by molar-refractivity contribution is 0.325. The molecule has 2 aromatic rings. The number of aromatic nitrogens is 1. The van der Waals surface area contributed by atoms with Crippen molar-refractivity contribution in [2.75, 3.05) is 21.3 Å². The highest BCUT2D eigenvalue weighted by atomic mass is 16.5. The summed E-state index contributed by atoms with van der Waals surface area (Å²) in [7, 11) is 4.38. The zero-order valence-electron chi connectivity index (χ0n) is 14.3. The maximum absolute atomic E-state index is 7.99. The Labute approximate surface area is 112 Å². The van der Waals surface area contributed by atoms with Crippen LogP contribution in [0.5, 0.6) is 17.2 Å². The summed E-state index contributed by atoms with van der Waals surface area (Å²) in [5.41, 5.74) is 0.482. The van der Waals surface area contributed by atoms with Crippen molar-refractivity contribution >= 4 is 0 Å². The highest BCUT2D eigenvalue weighted by Crippen LogP contribution is 2.43. The van der Waals surface area contributed by atoms with E-state index in [0.29, 0.717) is 22.8 Å². The van der Waals surface area contributed by atoms with Gasteiger partial charge in [-0.15, -0.1) is 0 Å². The van der Waals surface area contributed by atoms with E-state index in [1.54, 1.807) is 12.1 Å². The van der Waals surface area contributed by atoms with E-state index in [4.69, 9.17) is 19.7 Å². The van der Waals surface area contributed by atoms with Crippen LogP contribution in [0.1, 0.15) is 5.48 Å². The van der Waals surface area contributed by atoms with Crippen LogP contribution in [-0.2, 0) is 0 Å². The van der Waals surface area contributed by atoms with Crippen LogP contribution in [0, 0.1) is 0 Å². The van der Waals surface area contributed by atoms with E-state index >= 15 is 0 Å². The third kappa shape index (κ3) is 2.09. The first-order valence-electron chi connectivity index (χ1n) is 7.20. The molecule has 0 saturated heterocycles. The lowest BCUT2D eigenvalue weighted by atomic mass is 10.1. The first-order valence-corrected chi connectivity index (χ1v) is 5.20. The molecule has 0 saturated carbocycles. The molecular weight excluding hydrogens is 230 g/mol. The van der Waals surface area contributed by atoms with Gasteiger partial charge in [-0.05, 0) is 24.2 Å². The molecule has 0 atom stereocenters. The van der Waals surface area contributed by atoms with E-state index in [9.17, 15) is 0 Å². The van der Waals surface area contributed by atoms with Gasteiger partial charge in [0.15, 0.2) is 11.5 Å². The van der Waals surface area contributed by atoms with Gasteiger partial charge >= 0.3 is 0 Å². The van der Waals surface area contributed by atoms with Crippen LogP contribution in [0.25, 0.3) is 11.3 Å². The molecule has 4 heteroatoms. The second kappa shape index (κ2) is 5.40. The molecule has 0 aliphatic carbocycles. The Kier molecular flexibility index (Phi) is 2.39. The van der Waals surface area contributed by atoms with Gasteiger partial charge in [-0.1, -0.05) is 6.04 Å². The van der Waals surface area contributed by atoms with Gasteiger partial charge in [0.1, 0.15) is 0 Å². The average molecular weight is 249 g/mol. The quantitative estimate of drug-likeness (QED) is 0.835. The van der Waals surface area contributed by atoms with Crippen molar-refractivity contribution < 1.29 is 19.7 Å². The standard InChI is InChI=1S/C14H15NO3/c1-16-12-8-7-10(11-6-4-5-9-15-11)13(17-2)14(12)18-3/h4-9H,1-3H3/i4D,5D,6D,9D. The Morgan fingerprint density at radius 1 is 1.00 bits per heavy atom. The van der Waals surface area contributed by atoms with Crippen LogP contribution in [0.4, 0.5) is 0 Å². The van der Waals surface area contributed by atoms with Gasteiger partial charge in [-0.25, -0.2) is 0 Å². The number of methoxy groups -OCH3 is 3. The Morgan fingerprint density at radius 2 is 1.78 bits per heavy atom. The Bertz CT molecular complexity index is 722. The second-order valence-electron chi connectivity index (χ2n) is 3.33. The number of rotatable bonds is 4. The van der Waals surface area contributed by atoms with E-state index in [-0.39, 0.29) is 30.0 Å². The maximum atomic E-state index is 7.99. The first kappa shape index (κ1) is 7.97. The SMILES string of the molecule is [2H]c1nc(-c2ccc(OC)c(OC)c2OC)c([2H])c([2H])c1[2H]. The van der Waals surface area contributed by atoms with Crippen molar-refractivity contribution in [3.63, 3.8) is 0 Å². The molecule has 0 amide bonds. The molecule has 1 aromatic heterocycles. The number of hydrogen-bond donors (Lipinski definition) is 0. The number of benzene rings is 1. The molecule has 18 heavy (non-hydrogen) atoms. The van der Waals surface area contributed by atoms with Crippen molar-refractivity contribution in [2.24, 2.45) is 0 Å².